The van der Waals surface area contributed by atoms with E-state index in [4.69, 9.17) is 0 Å². The van der Waals surface area contributed by atoms with E-state index in [-0.39, 0.29) is 6.04 Å². The van der Waals surface area contributed by atoms with Crippen LogP contribution < -0.4 is 0 Å². The van der Waals surface area contributed by atoms with Gasteiger partial charge >= 0.3 is 0 Å². The largest absolute Gasteiger partial charge is 0.388 e. The number of rotatable bonds is 3. The van der Waals surface area contributed by atoms with Gasteiger partial charge in [-0.1, -0.05) is 30.5 Å². The molecule has 0 bridgehead atoms. The molecule has 3 atom stereocenters. The number of nitrogens with zero attached hydrogens (tertiary/aromatic N) is 1. The minimum atomic E-state index is -3.51. The third-order valence-corrected chi connectivity index (χ3v) is 7.98. The molecule has 1 aromatic carbocycles. The second-order valence-electron chi connectivity index (χ2n) is 7.18. The summed E-state index contributed by atoms with van der Waals surface area (Å²) >= 11 is 0. The summed E-state index contributed by atoms with van der Waals surface area (Å²) in [7, 11) is -3.51. The first-order valence-corrected chi connectivity index (χ1v) is 9.69. The molecule has 0 spiro atoms. The summed E-state index contributed by atoms with van der Waals surface area (Å²) in [6.45, 7) is 1.95. The fraction of sp³-hybridized carbons (Fsp3) is 0.647. The van der Waals surface area contributed by atoms with Crippen LogP contribution in [0.2, 0.25) is 0 Å². The van der Waals surface area contributed by atoms with E-state index in [9.17, 15) is 13.5 Å². The Kier molecular flexibility index (Phi) is 3.04. The Hall–Kier alpha value is -0.910. The molecular weight excluding hydrogens is 298 g/mol. The van der Waals surface area contributed by atoms with Gasteiger partial charge in [0.15, 0.2) is 0 Å². The SMILES string of the molecule is Cc1ccc(S(=O)(=O)N2[C@H]3CCCC[C@]32C2(O)CCC2)cc1. The summed E-state index contributed by atoms with van der Waals surface area (Å²) in [5.74, 6) is 0. The lowest BCUT2D eigenvalue weighted by Gasteiger charge is -2.45. The summed E-state index contributed by atoms with van der Waals surface area (Å²) in [5.41, 5.74) is -0.266. The van der Waals surface area contributed by atoms with Gasteiger partial charge in [0, 0.05) is 6.04 Å². The molecule has 0 amide bonds. The minimum absolute atomic E-state index is 0.00199. The van der Waals surface area contributed by atoms with Crippen LogP contribution in [-0.4, -0.2) is 35.0 Å². The first-order valence-electron chi connectivity index (χ1n) is 8.25. The summed E-state index contributed by atoms with van der Waals surface area (Å²) < 4.78 is 27.8. The zero-order valence-corrected chi connectivity index (χ0v) is 13.8. The van der Waals surface area contributed by atoms with Crippen molar-refractivity contribution in [3.05, 3.63) is 29.8 Å². The standard InChI is InChI=1S/C17H23NO3S/c1-13-6-8-14(9-7-13)22(20,21)18-15-5-2-3-12-17(15,18)16(19)10-4-11-16/h6-9,15,19H,2-5,10-12H2,1H3/t15-,17+,18?/m0/s1. The van der Waals surface area contributed by atoms with Crippen molar-refractivity contribution in [2.75, 3.05) is 0 Å². The molecule has 22 heavy (non-hydrogen) atoms. The second-order valence-corrected chi connectivity index (χ2v) is 9.00. The van der Waals surface area contributed by atoms with Gasteiger partial charge in [0.25, 0.3) is 0 Å². The van der Waals surface area contributed by atoms with Crippen LogP contribution >= 0.6 is 0 Å². The number of benzene rings is 1. The molecule has 1 heterocycles. The fourth-order valence-corrected chi connectivity index (χ4v) is 6.72. The second kappa shape index (κ2) is 4.56. The van der Waals surface area contributed by atoms with Crippen LogP contribution in [0.15, 0.2) is 29.2 Å². The number of fused-ring (bicyclic) bond motifs is 1. The summed E-state index contributed by atoms with van der Waals surface area (Å²) in [6, 6.07) is 7.05. The molecular formula is C17H23NO3S. The van der Waals surface area contributed by atoms with E-state index in [1.54, 1.807) is 16.4 Å². The minimum Gasteiger partial charge on any atom is -0.388 e. The lowest BCUT2D eigenvalue weighted by atomic mass is 9.65. The quantitative estimate of drug-likeness (QED) is 0.871. The molecule has 3 aliphatic rings. The Morgan fingerprint density at radius 3 is 2.36 bits per heavy atom. The molecule has 120 valence electrons. The Morgan fingerprint density at radius 2 is 1.77 bits per heavy atom. The molecule has 1 aromatic rings. The van der Waals surface area contributed by atoms with Gasteiger partial charge in [-0.3, -0.25) is 0 Å². The highest BCUT2D eigenvalue weighted by Gasteiger charge is 2.77. The molecule has 2 saturated carbocycles. The predicted octanol–water partition coefficient (Wildman–Crippen LogP) is 2.60. The van der Waals surface area contributed by atoms with Crippen molar-refractivity contribution < 1.29 is 13.5 Å². The lowest BCUT2D eigenvalue weighted by Crippen LogP contribution is -2.55. The van der Waals surface area contributed by atoms with Crippen molar-refractivity contribution in [3.63, 3.8) is 0 Å². The Labute approximate surface area is 132 Å². The van der Waals surface area contributed by atoms with Crippen LogP contribution in [0.5, 0.6) is 0 Å². The molecule has 1 unspecified atom stereocenters. The molecule has 1 aliphatic heterocycles. The molecule has 0 radical (unpaired) electrons. The average molecular weight is 321 g/mol. The van der Waals surface area contributed by atoms with Gasteiger partial charge in [-0.05, 0) is 51.2 Å². The number of sulfonamides is 1. The number of aliphatic hydroxyl groups is 1. The van der Waals surface area contributed by atoms with Gasteiger partial charge < -0.3 is 5.11 Å². The van der Waals surface area contributed by atoms with E-state index in [2.05, 4.69) is 0 Å². The summed E-state index contributed by atoms with van der Waals surface area (Å²) in [6.07, 6.45) is 6.24. The van der Waals surface area contributed by atoms with E-state index < -0.39 is 21.2 Å². The molecule has 1 N–H and O–H groups in total. The number of hydrogen-bond acceptors (Lipinski definition) is 3. The smallest absolute Gasteiger partial charge is 0.244 e. The van der Waals surface area contributed by atoms with Crippen molar-refractivity contribution in [1.82, 2.24) is 4.31 Å². The average Bonchev–Trinajstić information content (AvgIpc) is 3.16. The van der Waals surface area contributed by atoms with E-state index >= 15 is 0 Å². The van der Waals surface area contributed by atoms with Crippen LogP contribution in [0.25, 0.3) is 0 Å². The zero-order valence-electron chi connectivity index (χ0n) is 13.0. The topological polar surface area (TPSA) is 57.4 Å². The van der Waals surface area contributed by atoms with Crippen molar-refractivity contribution in [3.8, 4) is 0 Å². The number of aryl methyl sites for hydroxylation is 1. The van der Waals surface area contributed by atoms with Crippen LogP contribution in [0, 0.1) is 6.92 Å². The van der Waals surface area contributed by atoms with Crippen molar-refractivity contribution in [1.29, 1.82) is 0 Å². The third-order valence-electron chi connectivity index (χ3n) is 6.01. The third kappa shape index (κ3) is 1.73. The van der Waals surface area contributed by atoms with E-state index in [1.165, 1.54) is 0 Å². The molecule has 0 aromatic heterocycles. The maximum atomic E-state index is 13.1. The first kappa shape index (κ1) is 14.7. The van der Waals surface area contributed by atoms with E-state index in [1.807, 2.05) is 19.1 Å². The van der Waals surface area contributed by atoms with E-state index in [0.29, 0.717) is 4.90 Å². The highest BCUT2D eigenvalue weighted by molar-refractivity contribution is 7.89. The molecule has 3 fully saturated rings. The van der Waals surface area contributed by atoms with Crippen LogP contribution in [0.1, 0.15) is 50.5 Å². The maximum Gasteiger partial charge on any atom is 0.244 e. The molecule has 4 rings (SSSR count). The van der Waals surface area contributed by atoms with Gasteiger partial charge in [-0.25, -0.2) is 8.42 Å². The highest BCUT2D eigenvalue weighted by atomic mass is 32.2. The molecule has 1 saturated heterocycles. The zero-order chi connectivity index (χ0) is 15.6. The molecule has 4 nitrogen and oxygen atoms in total. The predicted molar refractivity (Wildman–Crippen MR) is 84.0 cm³/mol. The van der Waals surface area contributed by atoms with Crippen molar-refractivity contribution in [2.45, 2.75) is 73.9 Å². The maximum absolute atomic E-state index is 13.1. The van der Waals surface area contributed by atoms with Gasteiger partial charge in [0.2, 0.25) is 10.0 Å². The normalized spacial score (nSPS) is 36.3. The highest BCUT2D eigenvalue weighted by Crippen LogP contribution is 2.64. The van der Waals surface area contributed by atoms with Gasteiger partial charge in [0.05, 0.1) is 16.0 Å². The lowest BCUT2D eigenvalue weighted by molar-refractivity contribution is -0.0816. The van der Waals surface area contributed by atoms with Gasteiger partial charge in [-0.15, -0.1) is 0 Å². The van der Waals surface area contributed by atoms with Crippen molar-refractivity contribution in [2.24, 2.45) is 0 Å². The summed E-state index contributed by atoms with van der Waals surface area (Å²) in [5, 5.41) is 11.0. The summed E-state index contributed by atoms with van der Waals surface area (Å²) in [4.78, 5) is 0.356. The fourth-order valence-electron chi connectivity index (χ4n) is 4.63. The molecule has 2 aliphatic carbocycles. The van der Waals surface area contributed by atoms with E-state index in [0.717, 1.165) is 50.5 Å². The monoisotopic (exact) mass is 321 g/mol. The Morgan fingerprint density at radius 1 is 1.09 bits per heavy atom. The Bertz CT molecular complexity index is 693. The first-order chi connectivity index (χ1) is 10.4. The van der Waals surface area contributed by atoms with Crippen LogP contribution in [0.3, 0.4) is 0 Å². The van der Waals surface area contributed by atoms with Crippen molar-refractivity contribution >= 4 is 10.0 Å². The Balaban J connectivity index is 1.74. The molecule has 5 heteroatoms. The van der Waals surface area contributed by atoms with Crippen LogP contribution in [-0.2, 0) is 10.0 Å². The van der Waals surface area contributed by atoms with Gasteiger partial charge in [-0.2, -0.15) is 4.31 Å². The number of hydrogen-bond donors (Lipinski definition) is 1. The van der Waals surface area contributed by atoms with Crippen LogP contribution in [0.4, 0.5) is 0 Å². The van der Waals surface area contributed by atoms with Gasteiger partial charge in [0.1, 0.15) is 0 Å².